The fraction of sp³-hybridized carbons (Fsp3) is 0. The Labute approximate surface area is 182 Å². The SMILES string of the molecule is O=C(Nc1ccc([N+](=O)[O-])c(NC(=O)c2ccc(Br)cc2)c1)c1ccc(Br)cc1. The quantitative estimate of drug-likeness (QED) is 0.338. The molecule has 0 atom stereocenters. The number of nitro groups is 1. The van der Waals surface area contributed by atoms with Crippen molar-refractivity contribution in [2.75, 3.05) is 10.6 Å². The van der Waals surface area contributed by atoms with Gasteiger partial charge < -0.3 is 10.6 Å². The van der Waals surface area contributed by atoms with Gasteiger partial charge in [-0.25, -0.2) is 0 Å². The van der Waals surface area contributed by atoms with Crippen molar-refractivity contribution in [3.8, 4) is 0 Å². The number of hydrogen-bond acceptors (Lipinski definition) is 4. The second kappa shape index (κ2) is 8.97. The first kappa shape index (κ1) is 20.7. The van der Waals surface area contributed by atoms with Crippen LogP contribution in [0.15, 0.2) is 75.7 Å². The van der Waals surface area contributed by atoms with E-state index in [-0.39, 0.29) is 17.3 Å². The molecule has 9 heteroatoms. The van der Waals surface area contributed by atoms with Crippen LogP contribution >= 0.6 is 31.9 Å². The summed E-state index contributed by atoms with van der Waals surface area (Å²) in [6.45, 7) is 0. The Bertz CT molecular complexity index is 1080. The average molecular weight is 519 g/mol. The minimum atomic E-state index is -0.600. The molecule has 3 aromatic carbocycles. The lowest BCUT2D eigenvalue weighted by Crippen LogP contribution is -2.15. The summed E-state index contributed by atoms with van der Waals surface area (Å²) in [5.41, 5.74) is 0.780. The van der Waals surface area contributed by atoms with E-state index >= 15 is 0 Å². The first-order chi connectivity index (χ1) is 13.8. The van der Waals surface area contributed by atoms with E-state index in [0.717, 1.165) is 8.95 Å². The number of rotatable bonds is 5. The van der Waals surface area contributed by atoms with Gasteiger partial charge in [-0.3, -0.25) is 19.7 Å². The van der Waals surface area contributed by atoms with Crippen LogP contribution in [0.25, 0.3) is 0 Å². The van der Waals surface area contributed by atoms with Gasteiger partial charge in [0.1, 0.15) is 5.69 Å². The predicted molar refractivity (Wildman–Crippen MR) is 117 cm³/mol. The number of halogens is 2. The first-order valence-corrected chi connectivity index (χ1v) is 9.84. The minimum Gasteiger partial charge on any atom is -0.322 e. The fourth-order valence-electron chi connectivity index (χ4n) is 2.47. The molecule has 29 heavy (non-hydrogen) atoms. The summed E-state index contributed by atoms with van der Waals surface area (Å²) >= 11 is 6.58. The third-order valence-corrected chi connectivity index (χ3v) is 4.97. The molecule has 146 valence electrons. The Kier molecular flexibility index (Phi) is 6.40. The Morgan fingerprint density at radius 3 is 1.72 bits per heavy atom. The van der Waals surface area contributed by atoms with Gasteiger partial charge in [-0.2, -0.15) is 0 Å². The Hall–Kier alpha value is -3.04. The molecule has 0 aromatic heterocycles. The van der Waals surface area contributed by atoms with Gasteiger partial charge in [0.2, 0.25) is 0 Å². The maximum Gasteiger partial charge on any atom is 0.292 e. The highest BCUT2D eigenvalue weighted by molar-refractivity contribution is 9.10. The average Bonchev–Trinajstić information content (AvgIpc) is 2.69. The van der Waals surface area contributed by atoms with E-state index in [0.29, 0.717) is 16.8 Å². The van der Waals surface area contributed by atoms with Gasteiger partial charge in [-0.1, -0.05) is 31.9 Å². The number of hydrogen-bond donors (Lipinski definition) is 2. The van der Waals surface area contributed by atoms with E-state index in [1.54, 1.807) is 48.5 Å². The lowest BCUT2D eigenvalue weighted by atomic mass is 10.1. The zero-order valence-corrected chi connectivity index (χ0v) is 17.9. The highest BCUT2D eigenvalue weighted by Crippen LogP contribution is 2.29. The van der Waals surface area contributed by atoms with Crippen molar-refractivity contribution >= 4 is 60.7 Å². The van der Waals surface area contributed by atoms with Crippen LogP contribution in [-0.2, 0) is 0 Å². The van der Waals surface area contributed by atoms with Crippen molar-refractivity contribution < 1.29 is 14.5 Å². The molecule has 0 bridgehead atoms. The summed E-state index contributed by atoms with van der Waals surface area (Å²) in [4.78, 5) is 35.6. The van der Waals surface area contributed by atoms with Crippen LogP contribution < -0.4 is 10.6 Å². The standard InChI is InChI=1S/C20H13Br2N3O4/c21-14-5-1-12(2-6-14)19(26)23-16-9-10-18(25(28)29)17(11-16)24-20(27)13-3-7-15(22)8-4-13/h1-11H,(H,23,26)(H,24,27). The molecule has 2 N–H and O–H groups in total. The molecule has 0 aliphatic carbocycles. The van der Waals surface area contributed by atoms with Crippen LogP contribution in [0.2, 0.25) is 0 Å². The zero-order valence-electron chi connectivity index (χ0n) is 14.7. The van der Waals surface area contributed by atoms with E-state index in [2.05, 4.69) is 42.5 Å². The largest absolute Gasteiger partial charge is 0.322 e. The molecule has 3 aromatic rings. The molecule has 0 radical (unpaired) electrons. The van der Waals surface area contributed by atoms with Gasteiger partial charge in [0.25, 0.3) is 17.5 Å². The molecule has 3 rings (SSSR count). The summed E-state index contributed by atoms with van der Waals surface area (Å²) in [6.07, 6.45) is 0. The third-order valence-electron chi connectivity index (χ3n) is 3.91. The summed E-state index contributed by atoms with van der Waals surface area (Å²) < 4.78 is 1.64. The smallest absolute Gasteiger partial charge is 0.292 e. The number of anilines is 2. The molecule has 0 saturated heterocycles. The highest BCUT2D eigenvalue weighted by Gasteiger charge is 2.18. The van der Waals surface area contributed by atoms with Crippen molar-refractivity contribution in [3.63, 3.8) is 0 Å². The van der Waals surface area contributed by atoms with Crippen LogP contribution in [0, 0.1) is 10.1 Å². The molecule has 2 amide bonds. The van der Waals surface area contributed by atoms with Gasteiger partial charge in [0, 0.05) is 31.8 Å². The number of nitro benzene ring substituents is 1. The van der Waals surface area contributed by atoms with Gasteiger partial charge in [0.15, 0.2) is 0 Å². The lowest BCUT2D eigenvalue weighted by Gasteiger charge is -2.10. The Morgan fingerprint density at radius 1 is 0.759 bits per heavy atom. The summed E-state index contributed by atoms with van der Waals surface area (Å²) in [6, 6.07) is 17.3. The number of amides is 2. The maximum atomic E-state index is 12.4. The summed E-state index contributed by atoms with van der Waals surface area (Å²) in [7, 11) is 0. The van der Waals surface area contributed by atoms with Crippen LogP contribution in [-0.4, -0.2) is 16.7 Å². The van der Waals surface area contributed by atoms with Crippen LogP contribution in [0.5, 0.6) is 0 Å². The molecule has 0 spiro atoms. The second-order valence-corrected chi connectivity index (χ2v) is 7.74. The topological polar surface area (TPSA) is 101 Å². The molecule has 0 unspecified atom stereocenters. The van der Waals surface area contributed by atoms with Crippen molar-refractivity contribution in [2.24, 2.45) is 0 Å². The van der Waals surface area contributed by atoms with Gasteiger partial charge in [-0.15, -0.1) is 0 Å². The molecule has 0 fully saturated rings. The van der Waals surface area contributed by atoms with Crippen molar-refractivity contribution in [1.82, 2.24) is 0 Å². The third kappa shape index (κ3) is 5.27. The van der Waals surface area contributed by atoms with Gasteiger partial charge >= 0.3 is 0 Å². The normalized spacial score (nSPS) is 10.3. The van der Waals surface area contributed by atoms with Crippen LogP contribution in [0.1, 0.15) is 20.7 Å². The molecular formula is C20H13Br2N3O4. The number of carbonyl (C=O) groups excluding carboxylic acids is 2. The molecule has 0 aliphatic rings. The van der Waals surface area contributed by atoms with E-state index < -0.39 is 10.8 Å². The molecule has 0 saturated carbocycles. The van der Waals surface area contributed by atoms with Crippen LogP contribution in [0.3, 0.4) is 0 Å². The van der Waals surface area contributed by atoms with E-state index in [1.165, 1.54) is 18.2 Å². The Morgan fingerprint density at radius 2 is 1.24 bits per heavy atom. The van der Waals surface area contributed by atoms with E-state index in [4.69, 9.17) is 0 Å². The monoisotopic (exact) mass is 517 g/mol. The number of nitrogens with zero attached hydrogens (tertiary/aromatic N) is 1. The predicted octanol–water partition coefficient (Wildman–Crippen LogP) is 5.62. The summed E-state index contributed by atoms with van der Waals surface area (Å²) in [5, 5.41) is 16.5. The fourth-order valence-corrected chi connectivity index (χ4v) is 3.00. The second-order valence-electron chi connectivity index (χ2n) is 5.91. The Balaban J connectivity index is 1.84. The van der Waals surface area contributed by atoms with E-state index in [1.807, 2.05) is 0 Å². The highest BCUT2D eigenvalue weighted by atomic mass is 79.9. The molecule has 0 heterocycles. The van der Waals surface area contributed by atoms with Crippen molar-refractivity contribution in [2.45, 2.75) is 0 Å². The van der Waals surface area contributed by atoms with Crippen molar-refractivity contribution in [1.29, 1.82) is 0 Å². The molecular weight excluding hydrogens is 506 g/mol. The van der Waals surface area contributed by atoms with Crippen molar-refractivity contribution in [3.05, 3.63) is 96.9 Å². The molecule has 7 nitrogen and oxygen atoms in total. The summed E-state index contributed by atoms with van der Waals surface area (Å²) in [5.74, 6) is -0.881. The van der Waals surface area contributed by atoms with Gasteiger partial charge in [0.05, 0.1) is 4.92 Å². The first-order valence-electron chi connectivity index (χ1n) is 8.26. The number of carbonyl (C=O) groups is 2. The zero-order chi connectivity index (χ0) is 21.0. The lowest BCUT2D eigenvalue weighted by molar-refractivity contribution is -0.383. The molecule has 0 aliphatic heterocycles. The maximum absolute atomic E-state index is 12.4. The van der Waals surface area contributed by atoms with E-state index in [9.17, 15) is 19.7 Å². The minimum absolute atomic E-state index is 0.0171. The number of benzene rings is 3. The van der Waals surface area contributed by atoms with Crippen LogP contribution in [0.4, 0.5) is 17.1 Å². The van der Waals surface area contributed by atoms with Gasteiger partial charge in [-0.05, 0) is 60.7 Å². The number of nitrogens with one attached hydrogen (secondary N) is 2.